The summed E-state index contributed by atoms with van der Waals surface area (Å²) in [6, 6.07) is 7.03. The van der Waals surface area contributed by atoms with Crippen LogP contribution in [0.4, 0.5) is 0 Å². The molecule has 2 aromatic heterocycles. The second kappa shape index (κ2) is 6.44. The second-order valence-electron chi connectivity index (χ2n) is 6.55. The first-order valence-electron chi connectivity index (χ1n) is 8.50. The van der Waals surface area contributed by atoms with E-state index in [1.165, 1.54) is 22.0 Å². The van der Waals surface area contributed by atoms with Crippen molar-refractivity contribution in [3.63, 3.8) is 0 Å². The number of carbonyl (C=O) groups is 2. The van der Waals surface area contributed by atoms with Gasteiger partial charge >= 0.3 is 0 Å². The highest BCUT2D eigenvalue weighted by Crippen LogP contribution is 2.22. The zero-order chi connectivity index (χ0) is 19.9. The van der Waals surface area contributed by atoms with Crippen LogP contribution in [-0.2, 0) is 4.79 Å². The fourth-order valence-electron chi connectivity index (χ4n) is 3.11. The summed E-state index contributed by atoms with van der Waals surface area (Å²) in [6.45, 7) is 0.459. The fourth-order valence-corrected chi connectivity index (χ4v) is 3.11. The maximum Gasteiger partial charge on any atom is 0.269 e. The van der Waals surface area contributed by atoms with E-state index in [1.54, 1.807) is 31.3 Å². The van der Waals surface area contributed by atoms with Crippen LogP contribution in [-0.4, -0.2) is 61.0 Å². The standard InChI is InChI=1S/C19H16N6O3/c1-24-8-7-19(28,18(24)27)6-5-12-3-2-4-13(9-12)25-15-11-22-21-10-14(15)16(23-25)17(20)26/h2-4,9-11,28H,7-8H2,1H3,(H2,20,26)/t19-/m0/s1. The third-order valence-electron chi connectivity index (χ3n) is 4.64. The second-order valence-corrected chi connectivity index (χ2v) is 6.55. The largest absolute Gasteiger partial charge is 0.369 e. The van der Waals surface area contributed by atoms with Gasteiger partial charge in [-0.1, -0.05) is 17.9 Å². The van der Waals surface area contributed by atoms with Gasteiger partial charge in [-0.2, -0.15) is 15.3 Å². The van der Waals surface area contributed by atoms with Crippen molar-refractivity contribution in [3.8, 4) is 17.5 Å². The van der Waals surface area contributed by atoms with Crippen LogP contribution in [0.2, 0.25) is 0 Å². The summed E-state index contributed by atoms with van der Waals surface area (Å²) < 4.78 is 1.53. The third kappa shape index (κ3) is 2.86. The molecule has 1 atom stereocenters. The van der Waals surface area contributed by atoms with Gasteiger partial charge in [0.2, 0.25) is 5.60 Å². The van der Waals surface area contributed by atoms with E-state index in [4.69, 9.17) is 5.73 Å². The minimum atomic E-state index is -1.67. The molecule has 1 aliphatic heterocycles. The van der Waals surface area contributed by atoms with Gasteiger partial charge in [-0.3, -0.25) is 9.59 Å². The molecule has 0 bridgehead atoms. The molecule has 1 aromatic carbocycles. The van der Waals surface area contributed by atoms with Gasteiger partial charge in [0.25, 0.3) is 11.8 Å². The molecule has 1 saturated heterocycles. The van der Waals surface area contributed by atoms with E-state index in [9.17, 15) is 14.7 Å². The Morgan fingerprint density at radius 2 is 2.11 bits per heavy atom. The van der Waals surface area contributed by atoms with Crippen LogP contribution >= 0.6 is 0 Å². The number of primary amides is 1. The van der Waals surface area contributed by atoms with Crippen molar-refractivity contribution in [1.82, 2.24) is 24.9 Å². The van der Waals surface area contributed by atoms with Gasteiger partial charge in [0.1, 0.15) is 0 Å². The van der Waals surface area contributed by atoms with Gasteiger partial charge in [0.05, 0.1) is 29.0 Å². The van der Waals surface area contributed by atoms with Crippen molar-refractivity contribution in [2.75, 3.05) is 13.6 Å². The van der Waals surface area contributed by atoms with E-state index in [1.807, 2.05) is 0 Å². The van der Waals surface area contributed by atoms with E-state index in [0.717, 1.165) is 0 Å². The lowest BCUT2D eigenvalue weighted by Gasteiger charge is -2.13. The molecule has 140 valence electrons. The highest BCUT2D eigenvalue weighted by atomic mass is 16.3. The SMILES string of the molecule is CN1CC[C@@](O)(C#Cc2cccc(-n3nc(C(N)=O)c4cnncc43)c2)C1=O. The summed E-state index contributed by atoms with van der Waals surface area (Å²) in [5, 5.41) is 22.8. The molecule has 4 rings (SSSR count). The van der Waals surface area contributed by atoms with Gasteiger partial charge in [-0.05, 0) is 18.2 Å². The number of aliphatic hydroxyl groups is 1. The Kier molecular flexibility index (Phi) is 4.05. The summed E-state index contributed by atoms with van der Waals surface area (Å²) in [7, 11) is 1.63. The summed E-state index contributed by atoms with van der Waals surface area (Å²) in [4.78, 5) is 25.2. The molecule has 28 heavy (non-hydrogen) atoms. The summed E-state index contributed by atoms with van der Waals surface area (Å²) in [5.74, 6) is 4.47. The quantitative estimate of drug-likeness (QED) is 0.599. The van der Waals surface area contributed by atoms with Crippen LogP contribution in [0.25, 0.3) is 16.6 Å². The Labute approximate surface area is 159 Å². The smallest absolute Gasteiger partial charge is 0.269 e. The average Bonchev–Trinajstić information content (AvgIpc) is 3.21. The first-order chi connectivity index (χ1) is 13.4. The van der Waals surface area contributed by atoms with Crippen LogP contribution < -0.4 is 5.73 Å². The Hall–Kier alpha value is -3.77. The summed E-state index contributed by atoms with van der Waals surface area (Å²) in [6.07, 6.45) is 3.18. The summed E-state index contributed by atoms with van der Waals surface area (Å²) >= 11 is 0. The van der Waals surface area contributed by atoms with Gasteiger partial charge < -0.3 is 15.7 Å². The third-order valence-corrected chi connectivity index (χ3v) is 4.64. The number of benzene rings is 1. The molecule has 0 radical (unpaired) electrons. The molecular formula is C19H16N6O3. The molecule has 3 heterocycles. The number of fused-ring (bicyclic) bond motifs is 1. The van der Waals surface area contributed by atoms with Gasteiger partial charge in [0.15, 0.2) is 5.69 Å². The molecule has 9 heteroatoms. The van der Waals surface area contributed by atoms with Crippen LogP contribution in [0.1, 0.15) is 22.5 Å². The molecule has 1 aliphatic rings. The van der Waals surface area contributed by atoms with Crippen molar-refractivity contribution >= 4 is 22.7 Å². The predicted octanol–water partition coefficient (Wildman–Crippen LogP) is -0.141. The highest BCUT2D eigenvalue weighted by molar-refractivity contribution is 6.04. The van der Waals surface area contributed by atoms with E-state index in [2.05, 4.69) is 27.1 Å². The van der Waals surface area contributed by atoms with Crippen LogP contribution in [0.5, 0.6) is 0 Å². The Bertz CT molecular complexity index is 1180. The maximum absolute atomic E-state index is 12.1. The number of rotatable bonds is 2. The minimum Gasteiger partial charge on any atom is -0.369 e. The molecule has 0 saturated carbocycles. The lowest BCUT2D eigenvalue weighted by molar-refractivity contribution is -0.137. The minimum absolute atomic E-state index is 0.0929. The number of amides is 2. The van der Waals surface area contributed by atoms with E-state index in [-0.39, 0.29) is 12.1 Å². The highest BCUT2D eigenvalue weighted by Gasteiger charge is 2.42. The lowest BCUT2D eigenvalue weighted by atomic mass is 10.0. The van der Waals surface area contributed by atoms with Crippen molar-refractivity contribution in [2.45, 2.75) is 12.0 Å². The summed E-state index contributed by atoms with van der Waals surface area (Å²) in [5.41, 5.74) is 5.61. The molecule has 3 aromatic rings. The number of hydrogen-bond donors (Lipinski definition) is 2. The zero-order valence-corrected chi connectivity index (χ0v) is 15.0. The van der Waals surface area contributed by atoms with E-state index in [0.29, 0.717) is 28.7 Å². The molecule has 1 fully saturated rings. The zero-order valence-electron chi connectivity index (χ0n) is 15.0. The number of carbonyl (C=O) groups excluding carboxylic acids is 2. The number of aromatic nitrogens is 4. The topological polar surface area (TPSA) is 127 Å². The lowest BCUT2D eigenvalue weighted by Crippen LogP contribution is -2.37. The normalized spacial score (nSPS) is 18.9. The van der Waals surface area contributed by atoms with Crippen molar-refractivity contribution in [3.05, 3.63) is 47.9 Å². The Balaban J connectivity index is 1.76. The van der Waals surface area contributed by atoms with E-state index < -0.39 is 17.4 Å². The molecule has 9 nitrogen and oxygen atoms in total. The van der Waals surface area contributed by atoms with Gasteiger partial charge in [0, 0.05) is 25.6 Å². The molecule has 2 amide bonds. The predicted molar refractivity (Wildman–Crippen MR) is 99.3 cm³/mol. The molecule has 3 N–H and O–H groups in total. The first kappa shape index (κ1) is 17.6. The molecule has 0 unspecified atom stereocenters. The van der Waals surface area contributed by atoms with Crippen molar-refractivity contribution in [1.29, 1.82) is 0 Å². The number of hydrogen-bond acceptors (Lipinski definition) is 6. The van der Waals surface area contributed by atoms with E-state index >= 15 is 0 Å². The maximum atomic E-state index is 12.1. The molecule has 0 spiro atoms. The average molecular weight is 376 g/mol. The van der Waals surface area contributed by atoms with Crippen molar-refractivity contribution < 1.29 is 14.7 Å². The van der Waals surface area contributed by atoms with Gasteiger partial charge in [-0.25, -0.2) is 4.68 Å². The number of nitrogens with two attached hydrogens (primary N) is 1. The molecule has 0 aliphatic carbocycles. The van der Waals surface area contributed by atoms with Crippen LogP contribution in [0.3, 0.4) is 0 Å². The first-order valence-corrected chi connectivity index (χ1v) is 8.50. The number of likely N-dealkylation sites (N-methyl/N-ethyl adjacent to an activating group) is 1. The monoisotopic (exact) mass is 376 g/mol. The van der Waals surface area contributed by atoms with Gasteiger partial charge in [-0.15, -0.1) is 0 Å². The van der Waals surface area contributed by atoms with Crippen LogP contribution in [0, 0.1) is 11.8 Å². The van der Waals surface area contributed by atoms with Crippen LogP contribution in [0.15, 0.2) is 36.7 Å². The number of likely N-dealkylation sites (tertiary alicyclic amines) is 1. The Morgan fingerprint density at radius 3 is 2.82 bits per heavy atom. The number of nitrogens with zero attached hydrogens (tertiary/aromatic N) is 5. The molecular weight excluding hydrogens is 360 g/mol. The Morgan fingerprint density at radius 1 is 1.32 bits per heavy atom. The fraction of sp³-hybridized carbons (Fsp3) is 0.211. The van der Waals surface area contributed by atoms with Crippen molar-refractivity contribution in [2.24, 2.45) is 5.73 Å².